The minimum absolute atomic E-state index is 0.401. The molecule has 1 unspecified atom stereocenters. The van der Waals surface area contributed by atoms with Gasteiger partial charge in [-0.3, -0.25) is 0 Å². The summed E-state index contributed by atoms with van der Waals surface area (Å²) in [6, 6.07) is 68.5. The van der Waals surface area contributed by atoms with Crippen molar-refractivity contribution >= 4 is 33.3 Å². The Hall–Kier alpha value is -6.15. The van der Waals surface area contributed by atoms with E-state index in [0.717, 1.165) is 0 Å². The third kappa shape index (κ3) is 3.59. The number of rotatable bonds is 2. The first-order valence-electron chi connectivity index (χ1n) is 18.1. The summed E-state index contributed by atoms with van der Waals surface area (Å²) in [7, 11) is 0. The van der Waals surface area contributed by atoms with Crippen LogP contribution in [0.5, 0.6) is 0 Å². The predicted octanol–water partition coefficient (Wildman–Crippen LogP) is 13.8. The lowest BCUT2D eigenvalue weighted by molar-refractivity contribution is 0.794. The molecule has 1 heterocycles. The van der Waals surface area contributed by atoms with E-state index in [1.165, 1.54) is 109 Å². The summed E-state index contributed by atoms with van der Waals surface area (Å²) >= 11 is 1.89. The van der Waals surface area contributed by atoms with Gasteiger partial charge in [0, 0.05) is 15.2 Å². The fourth-order valence-electron chi connectivity index (χ4n) is 9.88. The van der Waals surface area contributed by atoms with Crippen molar-refractivity contribution in [2.45, 2.75) is 15.2 Å². The number of benzene rings is 9. The van der Waals surface area contributed by atoms with Crippen LogP contribution in [0.1, 0.15) is 22.3 Å². The van der Waals surface area contributed by atoms with Crippen molar-refractivity contribution in [3.8, 4) is 55.6 Å². The second-order valence-electron chi connectivity index (χ2n) is 14.3. The van der Waals surface area contributed by atoms with Gasteiger partial charge in [0.2, 0.25) is 0 Å². The average Bonchev–Trinajstić information content (AvgIpc) is 3.69. The molecule has 1 aliphatic heterocycles. The molecular weight excluding hydrogens is 645 g/mol. The predicted molar refractivity (Wildman–Crippen MR) is 218 cm³/mol. The molecule has 240 valence electrons. The molecule has 0 bridgehead atoms. The van der Waals surface area contributed by atoms with Crippen molar-refractivity contribution in [2.24, 2.45) is 0 Å². The summed E-state index contributed by atoms with van der Waals surface area (Å²) in [6.07, 6.45) is 0. The van der Waals surface area contributed by atoms with Gasteiger partial charge >= 0.3 is 0 Å². The Morgan fingerprint density at radius 2 is 0.923 bits per heavy atom. The monoisotopic (exact) mass is 674 g/mol. The van der Waals surface area contributed by atoms with E-state index >= 15 is 0 Å². The molecule has 0 saturated carbocycles. The fraction of sp³-hybridized carbons (Fsp3) is 0.0196. The van der Waals surface area contributed by atoms with Gasteiger partial charge in [0.05, 0.1) is 5.41 Å². The highest BCUT2D eigenvalue weighted by molar-refractivity contribution is 7.99. The van der Waals surface area contributed by atoms with Crippen LogP contribution in [0.4, 0.5) is 0 Å². The fourth-order valence-corrected chi connectivity index (χ4v) is 11.0. The van der Waals surface area contributed by atoms with Crippen LogP contribution in [0, 0.1) is 0 Å². The van der Waals surface area contributed by atoms with Gasteiger partial charge in [-0.15, -0.1) is 0 Å². The molecule has 0 saturated heterocycles. The van der Waals surface area contributed by atoms with E-state index in [-0.39, 0.29) is 0 Å². The molecule has 0 N–H and O–H groups in total. The Bertz CT molecular complexity index is 3000. The standard InChI is InChI=1S/C51H30S/c1-2-16-35-31(12-1)26-28-45-49(35)39-18-5-7-22-42(39)51(45)43-23-8-6-19-40(43)50-37(21-11-24-44(50)51)36-17-4-3-15-34(36)33-27-29-46-41(30-33)38-20-9-13-32-14-10-25-47(52-46)48(32)38/h1-30H. The summed E-state index contributed by atoms with van der Waals surface area (Å²) < 4.78 is 0. The number of fused-ring (bicyclic) bond motifs is 14. The molecule has 0 amide bonds. The summed E-state index contributed by atoms with van der Waals surface area (Å²) in [5.74, 6) is 0. The van der Waals surface area contributed by atoms with Gasteiger partial charge in [-0.1, -0.05) is 176 Å². The van der Waals surface area contributed by atoms with Crippen LogP contribution in [0.25, 0.3) is 77.2 Å². The molecule has 1 atom stereocenters. The normalized spacial score (nSPS) is 15.7. The SMILES string of the molecule is c1ccc(-c2cccc3c2-c2ccccc2C32c3ccccc3-c3c2ccc2ccccc32)c(-c2ccc3c(c2)-c2cccc4cccc(c24)S3)c1. The lowest BCUT2D eigenvalue weighted by Crippen LogP contribution is -2.25. The van der Waals surface area contributed by atoms with E-state index in [9.17, 15) is 0 Å². The Morgan fingerprint density at radius 1 is 0.327 bits per heavy atom. The maximum atomic E-state index is 2.43. The minimum Gasteiger partial charge on any atom is -0.0888 e. The molecule has 0 aromatic heterocycles. The Labute approximate surface area is 307 Å². The Kier molecular flexibility index (Phi) is 5.73. The third-order valence-electron chi connectivity index (χ3n) is 11.9. The molecule has 52 heavy (non-hydrogen) atoms. The van der Waals surface area contributed by atoms with Crippen molar-refractivity contribution in [3.63, 3.8) is 0 Å². The van der Waals surface area contributed by atoms with Crippen molar-refractivity contribution in [2.75, 3.05) is 0 Å². The molecular formula is C51H30S. The van der Waals surface area contributed by atoms with Crippen LogP contribution < -0.4 is 0 Å². The first kappa shape index (κ1) is 28.5. The molecule has 3 aliphatic rings. The van der Waals surface area contributed by atoms with E-state index in [0.29, 0.717) is 0 Å². The van der Waals surface area contributed by atoms with Gasteiger partial charge in [-0.2, -0.15) is 0 Å². The number of hydrogen-bond donors (Lipinski definition) is 0. The highest BCUT2D eigenvalue weighted by atomic mass is 32.2. The van der Waals surface area contributed by atoms with Gasteiger partial charge in [0.1, 0.15) is 0 Å². The van der Waals surface area contributed by atoms with Crippen molar-refractivity contribution in [3.05, 3.63) is 204 Å². The maximum absolute atomic E-state index is 2.43. The average molecular weight is 675 g/mol. The third-order valence-corrected chi connectivity index (χ3v) is 13.0. The summed E-state index contributed by atoms with van der Waals surface area (Å²) in [4.78, 5) is 2.65. The molecule has 12 rings (SSSR count). The van der Waals surface area contributed by atoms with Crippen molar-refractivity contribution in [1.82, 2.24) is 0 Å². The van der Waals surface area contributed by atoms with Crippen LogP contribution >= 0.6 is 11.8 Å². The molecule has 1 spiro atoms. The molecule has 2 aliphatic carbocycles. The highest BCUT2D eigenvalue weighted by Gasteiger charge is 2.52. The second kappa shape index (κ2) is 10.4. The van der Waals surface area contributed by atoms with Gasteiger partial charge in [0.25, 0.3) is 0 Å². The Morgan fingerprint density at radius 3 is 1.77 bits per heavy atom. The smallest absolute Gasteiger partial charge is 0.0725 e. The number of hydrogen-bond acceptors (Lipinski definition) is 1. The van der Waals surface area contributed by atoms with Gasteiger partial charge in [-0.05, 0) is 112 Å². The van der Waals surface area contributed by atoms with Crippen LogP contribution in [-0.2, 0) is 5.41 Å². The molecule has 0 nitrogen and oxygen atoms in total. The zero-order valence-corrected chi connectivity index (χ0v) is 29.0. The van der Waals surface area contributed by atoms with Gasteiger partial charge in [0.15, 0.2) is 0 Å². The summed E-state index contributed by atoms with van der Waals surface area (Å²) in [6.45, 7) is 0. The summed E-state index contributed by atoms with van der Waals surface area (Å²) in [5, 5.41) is 5.26. The maximum Gasteiger partial charge on any atom is 0.0725 e. The van der Waals surface area contributed by atoms with Crippen LogP contribution in [0.15, 0.2) is 192 Å². The first-order chi connectivity index (χ1) is 25.8. The Balaban J connectivity index is 1.12. The molecule has 1 heteroatoms. The van der Waals surface area contributed by atoms with Crippen molar-refractivity contribution < 1.29 is 0 Å². The van der Waals surface area contributed by atoms with Crippen LogP contribution in [-0.4, -0.2) is 0 Å². The lowest BCUT2D eigenvalue weighted by atomic mass is 9.70. The van der Waals surface area contributed by atoms with Crippen molar-refractivity contribution in [1.29, 1.82) is 0 Å². The molecule has 0 radical (unpaired) electrons. The minimum atomic E-state index is -0.401. The van der Waals surface area contributed by atoms with E-state index < -0.39 is 5.41 Å². The quantitative estimate of drug-likeness (QED) is 0.176. The largest absolute Gasteiger partial charge is 0.0888 e. The van der Waals surface area contributed by atoms with Gasteiger partial charge < -0.3 is 0 Å². The van der Waals surface area contributed by atoms with E-state index in [2.05, 4.69) is 182 Å². The lowest BCUT2D eigenvalue weighted by Gasteiger charge is -2.30. The highest BCUT2D eigenvalue weighted by Crippen LogP contribution is 2.65. The second-order valence-corrected chi connectivity index (χ2v) is 15.4. The zero-order chi connectivity index (χ0) is 34.0. The topological polar surface area (TPSA) is 0 Å². The molecule has 9 aromatic rings. The summed E-state index contributed by atoms with van der Waals surface area (Å²) in [5.41, 5.74) is 18.1. The van der Waals surface area contributed by atoms with E-state index in [4.69, 9.17) is 0 Å². The zero-order valence-electron chi connectivity index (χ0n) is 28.2. The molecule has 0 fully saturated rings. The van der Waals surface area contributed by atoms with Gasteiger partial charge in [-0.25, -0.2) is 0 Å². The van der Waals surface area contributed by atoms with E-state index in [1.54, 1.807) is 0 Å². The van der Waals surface area contributed by atoms with Crippen LogP contribution in [0.2, 0.25) is 0 Å². The first-order valence-corrected chi connectivity index (χ1v) is 18.9. The van der Waals surface area contributed by atoms with E-state index in [1.807, 2.05) is 11.8 Å². The van der Waals surface area contributed by atoms with Crippen LogP contribution in [0.3, 0.4) is 0 Å². The molecule has 9 aromatic carbocycles.